The fourth-order valence-corrected chi connectivity index (χ4v) is 2.58. The smallest absolute Gasteiger partial charge is 0.337 e. The van der Waals surface area contributed by atoms with Crippen LogP contribution in [0.2, 0.25) is 0 Å². The molecule has 0 bridgehead atoms. The molecular formula is C14H15F3N2O2S. The second-order valence-corrected chi connectivity index (χ2v) is 5.43. The van der Waals surface area contributed by atoms with Gasteiger partial charge in [-0.2, -0.15) is 13.2 Å². The Morgan fingerprint density at radius 2 is 1.59 bits per heavy atom. The zero-order chi connectivity index (χ0) is 16.3. The van der Waals surface area contributed by atoms with Crippen LogP contribution in [0.4, 0.5) is 13.2 Å². The van der Waals surface area contributed by atoms with Gasteiger partial charge in [-0.15, -0.1) is 12.6 Å². The highest BCUT2D eigenvalue weighted by Crippen LogP contribution is 2.21. The van der Waals surface area contributed by atoms with Gasteiger partial charge in [-0.3, -0.25) is 9.59 Å². The van der Waals surface area contributed by atoms with Crippen molar-refractivity contribution in [2.24, 2.45) is 0 Å². The standard InChI is InChI=1S/C14H15F3N2O2S/c15-14(16,17)13(21)19-7-3-6-18(8-9-19)12(20)10-4-1-2-5-11(10)22/h1-2,4-5,22H,3,6-9H2. The first-order valence-electron chi connectivity index (χ1n) is 6.74. The van der Waals surface area contributed by atoms with Crippen LogP contribution in [0.3, 0.4) is 0 Å². The molecule has 0 saturated carbocycles. The Balaban J connectivity index is 2.06. The maximum Gasteiger partial charge on any atom is 0.471 e. The summed E-state index contributed by atoms with van der Waals surface area (Å²) in [6.45, 7) is 0.245. The van der Waals surface area contributed by atoms with Crippen LogP contribution >= 0.6 is 12.6 Å². The fourth-order valence-electron chi connectivity index (χ4n) is 2.33. The van der Waals surface area contributed by atoms with Crippen molar-refractivity contribution < 1.29 is 22.8 Å². The molecule has 0 unspecified atom stereocenters. The number of halogens is 3. The minimum Gasteiger partial charge on any atom is -0.337 e. The van der Waals surface area contributed by atoms with E-state index in [2.05, 4.69) is 12.6 Å². The van der Waals surface area contributed by atoms with Crippen LogP contribution in [-0.4, -0.2) is 54.0 Å². The SMILES string of the molecule is O=C(c1ccccc1S)N1CCCN(C(=O)C(F)(F)F)CC1. The summed E-state index contributed by atoms with van der Waals surface area (Å²) in [6.07, 6.45) is -4.57. The number of alkyl halides is 3. The number of amides is 2. The number of carbonyl (C=O) groups excluding carboxylic acids is 2. The molecule has 1 aromatic rings. The molecule has 0 radical (unpaired) electrons. The monoisotopic (exact) mass is 332 g/mol. The largest absolute Gasteiger partial charge is 0.471 e. The van der Waals surface area contributed by atoms with E-state index in [1.165, 1.54) is 4.90 Å². The van der Waals surface area contributed by atoms with Crippen LogP contribution < -0.4 is 0 Å². The molecule has 0 aliphatic carbocycles. The summed E-state index contributed by atoms with van der Waals surface area (Å²) in [5.41, 5.74) is 0.404. The highest BCUT2D eigenvalue weighted by atomic mass is 32.1. The lowest BCUT2D eigenvalue weighted by Crippen LogP contribution is -2.43. The number of hydrogen-bond acceptors (Lipinski definition) is 3. The van der Waals surface area contributed by atoms with Gasteiger partial charge in [0.05, 0.1) is 5.56 Å². The third-order valence-corrected chi connectivity index (χ3v) is 3.84. The Morgan fingerprint density at radius 1 is 1.00 bits per heavy atom. The van der Waals surface area contributed by atoms with Gasteiger partial charge in [0.2, 0.25) is 0 Å². The zero-order valence-electron chi connectivity index (χ0n) is 11.6. The molecule has 4 nitrogen and oxygen atoms in total. The first kappa shape index (κ1) is 16.7. The van der Waals surface area contributed by atoms with E-state index >= 15 is 0 Å². The maximum atomic E-state index is 12.5. The first-order chi connectivity index (χ1) is 10.3. The molecule has 1 aromatic carbocycles. The van der Waals surface area contributed by atoms with Gasteiger partial charge in [0.1, 0.15) is 0 Å². The van der Waals surface area contributed by atoms with Crippen molar-refractivity contribution in [2.45, 2.75) is 17.5 Å². The van der Waals surface area contributed by atoms with E-state index < -0.39 is 12.1 Å². The van der Waals surface area contributed by atoms with Gasteiger partial charge in [-0.1, -0.05) is 12.1 Å². The fraction of sp³-hybridized carbons (Fsp3) is 0.429. The molecule has 2 amide bonds. The van der Waals surface area contributed by atoms with Gasteiger partial charge >= 0.3 is 12.1 Å². The summed E-state index contributed by atoms with van der Waals surface area (Å²) < 4.78 is 37.4. The number of hydrogen-bond donors (Lipinski definition) is 1. The van der Waals surface area contributed by atoms with Gasteiger partial charge in [-0.25, -0.2) is 0 Å². The first-order valence-corrected chi connectivity index (χ1v) is 7.19. The van der Waals surface area contributed by atoms with E-state index in [0.29, 0.717) is 23.4 Å². The van der Waals surface area contributed by atoms with Crippen molar-refractivity contribution in [2.75, 3.05) is 26.2 Å². The molecular weight excluding hydrogens is 317 g/mol. The molecule has 22 heavy (non-hydrogen) atoms. The second-order valence-electron chi connectivity index (χ2n) is 4.95. The molecule has 1 saturated heterocycles. The average Bonchev–Trinajstić information content (AvgIpc) is 2.71. The van der Waals surface area contributed by atoms with E-state index in [0.717, 1.165) is 4.90 Å². The predicted octanol–water partition coefficient (Wildman–Crippen LogP) is 2.21. The van der Waals surface area contributed by atoms with E-state index in [1.807, 2.05) is 0 Å². The third-order valence-electron chi connectivity index (χ3n) is 3.45. The summed E-state index contributed by atoms with van der Waals surface area (Å²) in [6, 6.07) is 6.73. The van der Waals surface area contributed by atoms with E-state index in [-0.39, 0.29) is 25.5 Å². The summed E-state index contributed by atoms with van der Waals surface area (Å²) >= 11 is 4.21. The van der Waals surface area contributed by atoms with Crippen molar-refractivity contribution in [3.63, 3.8) is 0 Å². The van der Waals surface area contributed by atoms with Crippen LogP contribution in [0, 0.1) is 0 Å². The highest BCUT2D eigenvalue weighted by molar-refractivity contribution is 7.80. The van der Waals surface area contributed by atoms with Gasteiger partial charge < -0.3 is 9.80 Å². The van der Waals surface area contributed by atoms with Crippen molar-refractivity contribution in [3.05, 3.63) is 29.8 Å². The Morgan fingerprint density at radius 3 is 2.23 bits per heavy atom. The lowest BCUT2D eigenvalue weighted by Gasteiger charge is -2.23. The Kier molecular flexibility index (Phi) is 5.00. The minimum atomic E-state index is -4.88. The van der Waals surface area contributed by atoms with E-state index in [9.17, 15) is 22.8 Å². The van der Waals surface area contributed by atoms with Crippen molar-refractivity contribution in [3.8, 4) is 0 Å². The quantitative estimate of drug-likeness (QED) is 0.801. The van der Waals surface area contributed by atoms with E-state index in [1.54, 1.807) is 24.3 Å². The summed E-state index contributed by atoms with van der Waals surface area (Å²) in [4.78, 5) is 26.4. The molecule has 1 aliphatic heterocycles. The molecule has 2 rings (SSSR count). The summed E-state index contributed by atoms with van der Waals surface area (Å²) in [5.74, 6) is -2.14. The Hall–Kier alpha value is -1.70. The minimum absolute atomic E-state index is 0.00928. The highest BCUT2D eigenvalue weighted by Gasteiger charge is 2.42. The molecule has 0 atom stereocenters. The number of carbonyl (C=O) groups is 2. The predicted molar refractivity (Wildman–Crippen MR) is 76.8 cm³/mol. The van der Waals surface area contributed by atoms with Gasteiger partial charge in [0.25, 0.3) is 5.91 Å². The van der Waals surface area contributed by atoms with Crippen LogP contribution in [0.1, 0.15) is 16.8 Å². The zero-order valence-corrected chi connectivity index (χ0v) is 12.5. The summed E-state index contributed by atoms with van der Waals surface area (Å²) in [7, 11) is 0. The maximum absolute atomic E-state index is 12.5. The third kappa shape index (κ3) is 3.73. The lowest BCUT2D eigenvalue weighted by atomic mass is 10.2. The molecule has 1 fully saturated rings. The van der Waals surface area contributed by atoms with Crippen LogP contribution in [0.25, 0.3) is 0 Å². The second kappa shape index (κ2) is 6.60. The molecule has 8 heteroatoms. The summed E-state index contributed by atoms with van der Waals surface area (Å²) in [5, 5.41) is 0. The number of benzene rings is 1. The van der Waals surface area contributed by atoms with Crippen LogP contribution in [0.15, 0.2) is 29.2 Å². The molecule has 120 valence electrons. The van der Waals surface area contributed by atoms with Crippen molar-refractivity contribution in [1.82, 2.24) is 9.80 Å². The lowest BCUT2D eigenvalue weighted by molar-refractivity contribution is -0.185. The molecule has 0 N–H and O–H groups in total. The van der Waals surface area contributed by atoms with Gasteiger partial charge in [-0.05, 0) is 18.6 Å². The number of rotatable bonds is 1. The number of nitrogens with zero attached hydrogens (tertiary/aromatic N) is 2. The van der Waals surface area contributed by atoms with Gasteiger partial charge in [0.15, 0.2) is 0 Å². The average molecular weight is 332 g/mol. The van der Waals surface area contributed by atoms with Crippen LogP contribution in [-0.2, 0) is 4.79 Å². The Labute approximate surface area is 131 Å². The molecule has 1 aliphatic rings. The number of thiol groups is 1. The van der Waals surface area contributed by atoms with Crippen molar-refractivity contribution in [1.29, 1.82) is 0 Å². The Bertz CT molecular complexity index is 577. The van der Waals surface area contributed by atoms with Crippen LogP contribution in [0.5, 0.6) is 0 Å². The van der Waals surface area contributed by atoms with Crippen molar-refractivity contribution >= 4 is 24.4 Å². The van der Waals surface area contributed by atoms with E-state index in [4.69, 9.17) is 0 Å². The molecule has 0 aromatic heterocycles. The molecule has 0 spiro atoms. The normalized spacial score (nSPS) is 16.4. The van der Waals surface area contributed by atoms with Gasteiger partial charge in [0, 0.05) is 31.1 Å². The molecule has 1 heterocycles. The topological polar surface area (TPSA) is 40.6 Å².